The maximum atomic E-state index is 13.1. The fourth-order valence-electron chi connectivity index (χ4n) is 3.36. The minimum absolute atomic E-state index is 0.0747. The van der Waals surface area contributed by atoms with E-state index in [2.05, 4.69) is 15.6 Å². The van der Waals surface area contributed by atoms with Crippen molar-refractivity contribution in [2.24, 2.45) is 5.73 Å². The van der Waals surface area contributed by atoms with Crippen LogP contribution in [0.15, 0.2) is 59.1 Å². The van der Waals surface area contributed by atoms with E-state index < -0.39 is 17.6 Å². The molecule has 0 unspecified atom stereocenters. The van der Waals surface area contributed by atoms with Gasteiger partial charge in [-0.05, 0) is 50.2 Å². The summed E-state index contributed by atoms with van der Waals surface area (Å²) in [5, 5.41) is 11.0. The molecular formula is C22H18FN5O3. The third kappa shape index (κ3) is 3.68. The molecule has 31 heavy (non-hydrogen) atoms. The first-order valence-electron chi connectivity index (χ1n) is 9.35. The van der Waals surface area contributed by atoms with Crippen molar-refractivity contribution in [2.75, 3.05) is 5.32 Å². The van der Waals surface area contributed by atoms with Crippen molar-refractivity contribution in [3.63, 3.8) is 0 Å². The minimum atomic E-state index is -0.822. The Hall–Kier alpha value is -4.27. The molecule has 0 spiro atoms. The van der Waals surface area contributed by atoms with Gasteiger partial charge in [0.25, 0.3) is 11.8 Å². The first-order chi connectivity index (χ1) is 14.9. The lowest BCUT2D eigenvalue weighted by atomic mass is 10.0. The normalized spacial score (nSPS) is 10.8. The summed E-state index contributed by atoms with van der Waals surface area (Å²) in [6.07, 6.45) is 0. The SMILES string of the molecule is Cc1nn(-c2ccccc2)c(C)c1-c1noc(NC(=O)c2ccc(F)cc2)c1C(N)=O. The lowest BCUT2D eigenvalue weighted by molar-refractivity contribution is 0.100. The third-order valence-corrected chi connectivity index (χ3v) is 4.80. The van der Waals surface area contributed by atoms with Gasteiger partial charge in [0.1, 0.15) is 17.1 Å². The molecule has 0 saturated heterocycles. The first kappa shape index (κ1) is 20.0. The molecule has 0 atom stereocenters. The van der Waals surface area contributed by atoms with Crippen molar-refractivity contribution < 1.29 is 18.5 Å². The van der Waals surface area contributed by atoms with Crippen molar-refractivity contribution >= 4 is 17.7 Å². The van der Waals surface area contributed by atoms with Crippen LogP contribution in [0, 0.1) is 19.7 Å². The molecule has 4 rings (SSSR count). The molecule has 0 aliphatic heterocycles. The number of benzene rings is 2. The Kier molecular flexibility index (Phi) is 5.08. The summed E-state index contributed by atoms with van der Waals surface area (Å²) >= 11 is 0. The second kappa shape index (κ2) is 7.86. The average Bonchev–Trinajstić information content (AvgIpc) is 3.29. The van der Waals surface area contributed by atoms with Gasteiger partial charge >= 0.3 is 0 Å². The Morgan fingerprint density at radius 3 is 2.39 bits per heavy atom. The highest BCUT2D eigenvalue weighted by atomic mass is 19.1. The summed E-state index contributed by atoms with van der Waals surface area (Å²) in [6, 6.07) is 14.4. The van der Waals surface area contributed by atoms with Crippen molar-refractivity contribution in [1.29, 1.82) is 0 Å². The lowest BCUT2D eigenvalue weighted by Crippen LogP contribution is -2.17. The standard InChI is InChI=1S/C22H18FN5O3/c1-12-17(13(2)28(26-12)16-6-4-3-5-7-16)19-18(20(24)29)22(31-27-19)25-21(30)14-8-10-15(23)11-9-14/h3-11H,1-2H3,(H2,24,29)(H,25,30). The average molecular weight is 419 g/mol. The Bertz CT molecular complexity index is 1280. The van der Waals surface area contributed by atoms with E-state index in [1.54, 1.807) is 11.6 Å². The number of nitrogens with one attached hydrogen (secondary N) is 1. The van der Waals surface area contributed by atoms with Gasteiger partial charge in [-0.3, -0.25) is 14.9 Å². The van der Waals surface area contributed by atoms with Gasteiger partial charge in [-0.25, -0.2) is 9.07 Å². The number of anilines is 1. The molecular weight excluding hydrogens is 401 g/mol. The molecule has 0 fully saturated rings. The van der Waals surface area contributed by atoms with Crippen LogP contribution in [0.5, 0.6) is 0 Å². The second-order valence-corrected chi connectivity index (χ2v) is 6.85. The summed E-state index contributed by atoms with van der Waals surface area (Å²) in [5.74, 6) is -2.09. The molecule has 0 bridgehead atoms. The summed E-state index contributed by atoms with van der Waals surface area (Å²) in [6.45, 7) is 3.61. The molecule has 2 aromatic carbocycles. The van der Waals surface area contributed by atoms with Crippen LogP contribution in [-0.4, -0.2) is 26.8 Å². The number of aromatic nitrogens is 3. The quantitative estimate of drug-likeness (QED) is 0.512. The number of nitrogens with zero attached hydrogens (tertiary/aromatic N) is 3. The summed E-state index contributed by atoms with van der Waals surface area (Å²) < 4.78 is 20.1. The van der Waals surface area contributed by atoms with Crippen LogP contribution >= 0.6 is 0 Å². The topological polar surface area (TPSA) is 116 Å². The van der Waals surface area contributed by atoms with Crippen molar-refractivity contribution in [3.8, 4) is 16.9 Å². The number of primary amides is 1. The molecule has 8 nitrogen and oxygen atoms in total. The van der Waals surface area contributed by atoms with Crippen LogP contribution < -0.4 is 11.1 Å². The molecule has 0 aliphatic rings. The number of hydrogen-bond donors (Lipinski definition) is 2. The van der Waals surface area contributed by atoms with E-state index in [1.165, 1.54) is 12.1 Å². The molecule has 2 aromatic heterocycles. The van der Waals surface area contributed by atoms with E-state index in [0.717, 1.165) is 23.5 Å². The van der Waals surface area contributed by atoms with Gasteiger partial charge in [0.2, 0.25) is 5.88 Å². The van der Waals surface area contributed by atoms with Crippen molar-refractivity contribution in [3.05, 3.63) is 82.9 Å². The Morgan fingerprint density at radius 1 is 1.06 bits per heavy atom. The molecule has 0 radical (unpaired) electrons. The third-order valence-electron chi connectivity index (χ3n) is 4.80. The van der Waals surface area contributed by atoms with Gasteiger partial charge < -0.3 is 10.3 Å². The summed E-state index contributed by atoms with van der Waals surface area (Å²) in [7, 11) is 0. The van der Waals surface area contributed by atoms with Gasteiger partial charge in [0.15, 0.2) is 0 Å². The fourth-order valence-corrected chi connectivity index (χ4v) is 3.36. The second-order valence-electron chi connectivity index (χ2n) is 6.85. The number of nitrogens with two attached hydrogens (primary N) is 1. The lowest BCUT2D eigenvalue weighted by Gasteiger charge is -2.05. The maximum absolute atomic E-state index is 13.1. The fraction of sp³-hybridized carbons (Fsp3) is 0.0909. The number of para-hydroxylation sites is 1. The van der Waals surface area contributed by atoms with Crippen molar-refractivity contribution in [2.45, 2.75) is 13.8 Å². The predicted molar refractivity (Wildman–Crippen MR) is 111 cm³/mol. The Labute approximate surface area is 176 Å². The number of hydrogen-bond acceptors (Lipinski definition) is 5. The van der Waals surface area contributed by atoms with E-state index in [-0.39, 0.29) is 22.7 Å². The maximum Gasteiger partial charge on any atom is 0.258 e. The van der Waals surface area contributed by atoms with Crippen LogP contribution in [0.2, 0.25) is 0 Å². The van der Waals surface area contributed by atoms with Crippen LogP contribution in [0.25, 0.3) is 16.9 Å². The zero-order valence-corrected chi connectivity index (χ0v) is 16.7. The number of carbonyl (C=O) groups is 2. The van der Waals surface area contributed by atoms with Crippen LogP contribution in [0.3, 0.4) is 0 Å². The van der Waals surface area contributed by atoms with Gasteiger partial charge in [0, 0.05) is 11.1 Å². The minimum Gasteiger partial charge on any atom is -0.365 e. The van der Waals surface area contributed by atoms with E-state index in [1.807, 2.05) is 37.3 Å². The molecule has 156 valence electrons. The number of aryl methyl sites for hydroxylation is 1. The molecule has 0 saturated carbocycles. The van der Waals surface area contributed by atoms with E-state index >= 15 is 0 Å². The van der Waals surface area contributed by atoms with E-state index in [0.29, 0.717) is 11.3 Å². The van der Waals surface area contributed by atoms with E-state index in [9.17, 15) is 14.0 Å². The van der Waals surface area contributed by atoms with Gasteiger partial charge in [-0.15, -0.1) is 0 Å². The number of rotatable bonds is 5. The van der Waals surface area contributed by atoms with E-state index in [4.69, 9.17) is 10.3 Å². The zero-order chi connectivity index (χ0) is 22.1. The van der Waals surface area contributed by atoms with Gasteiger partial charge in [-0.1, -0.05) is 23.4 Å². The highest BCUT2D eigenvalue weighted by Crippen LogP contribution is 2.34. The smallest absolute Gasteiger partial charge is 0.258 e. The molecule has 9 heteroatoms. The highest BCUT2D eigenvalue weighted by molar-refractivity contribution is 6.10. The predicted octanol–water partition coefficient (Wildman–Crippen LogP) is 3.63. The highest BCUT2D eigenvalue weighted by Gasteiger charge is 2.28. The molecule has 2 heterocycles. The molecule has 0 aliphatic carbocycles. The number of halogens is 1. The number of carbonyl (C=O) groups excluding carboxylic acids is 2. The number of amides is 2. The van der Waals surface area contributed by atoms with Crippen LogP contribution in [0.4, 0.5) is 10.3 Å². The van der Waals surface area contributed by atoms with Gasteiger partial charge in [-0.2, -0.15) is 5.10 Å². The zero-order valence-electron chi connectivity index (χ0n) is 16.7. The van der Waals surface area contributed by atoms with Crippen molar-refractivity contribution in [1.82, 2.24) is 14.9 Å². The van der Waals surface area contributed by atoms with Crippen LogP contribution in [-0.2, 0) is 0 Å². The Morgan fingerprint density at radius 2 is 1.74 bits per heavy atom. The van der Waals surface area contributed by atoms with Gasteiger partial charge in [0.05, 0.1) is 17.1 Å². The summed E-state index contributed by atoms with van der Waals surface area (Å²) in [4.78, 5) is 24.7. The molecule has 2 amide bonds. The Balaban J connectivity index is 1.75. The summed E-state index contributed by atoms with van der Waals surface area (Å²) in [5.41, 5.74) is 8.60. The monoisotopic (exact) mass is 419 g/mol. The molecule has 3 N–H and O–H groups in total. The first-order valence-corrected chi connectivity index (χ1v) is 9.35. The molecule has 4 aromatic rings. The van der Waals surface area contributed by atoms with Crippen LogP contribution in [0.1, 0.15) is 32.1 Å². The largest absolute Gasteiger partial charge is 0.365 e.